The standard InChI is InChI=1S/C35H49NO8/c1-19-26(44-28(39)18-25(36(8)9)23-13-11-10-12-14-23)15-16-35(7)29(19)31(40)24-17-27(42-21(3)37)20(2)30(34(24,5)6)32(33(35)41)43-22(4)38/h10-14,24-27,29,31-33,40-41H,1,15-18H2,2-9H3/t24-,25-,26+,27+,29+,31-,32-,33+,35+/m1/s1. The second kappa shape index (κ2) is 12.8. The van der Waals surface area contributed by atoms with Crippen LogP contribution in [-0.4, -0.2) is 77.6 Å². The van der Waals surface area contributed by atoms with E-state index in [9.17, 15) is 24.6 Å². The summed E-state index contributed by atoms with van der Waals surface area (Å²) in [5.41, 5.74) is 1.22. The molecule has 9 nitrogen and oxygen atoms in total. The minimum Gasteiger partial charge on any atom is -0.458 e. The van der Waals surface area contributed by atoms with E-state index in [1.54, 1.807) is 0 Å². The van der Waals surface area contributed by atoms with E-state index in [2.05, 4.69) is 6.58 Å². The van der Waals surface area contributed by atoms with Gasteiger partial charge >= 0.3 is 17.9 Å². The molecule has 1 aromatic rings. The predicted molar refractivity (Wildman–Crippen MR) is 165 cm³/mol. The van der Waals surface area contributed by atoms with Gasteiger partial charge in [0.1, 0.15) is 18.3 Å². The Balaban J connectivity index is 1.70. The van der Waals surface area contributed by atoms with E-state index in [1.807, 2.05) is 77.0 Å². The molecule has 242 valence electrons. The Bertz CT molecular complexity index is 1300. The van der Waals surface area contributed by atoms with Gasteiger partial charge in [-0.05, 0) is 73.9 Å². The lowest BCUT2D eigenvalue weighted by Gasteiger charge is -2.59. The molecule has 0 radical (unpaired) electrons. The first-order chi connectivity index (χ1) is 20.5. The predicted octanol–water partition coefficient (Wildman–Crippen LogP) is 4.53. The third-order valence-electron chi connectivity index (χ3n) is 10.5. The zero-order valence-corrected chi connectivity index (χ0v) is 27.3. The van der Waals surface area contributed by atoms with Gasteiger partial charge in [-0.1, -0.05) is 57.7 Å². The van der Waals surface area contributed by atoms with Crippen molar-refractivity contribution in [2.24, 2.45) is 22.7 Å². The lowest BCUT2D eigenvalue weighted by molar-refractivity contribution is -0.183. The van der Waals surface area contributed by atoms with Gasteiger partial charge in [0.25, 0.3) is 0 Å². The number of aliphatic hydroxyl groups excluding tert-OH is 2. The molecule has 0 spiro atoms. The largest absolute Gasteiger partial charge is 0.458 e. The number of esters is 3. The molecule has 2 bridgehead atoms. The summed E-state index contributed by atoms with van der Waals surface area (Å²) in [6.07, 6.45) is -3.30. The summed E-state index contributed by atoms with van der Waals surface area (Å²) in [5, 5.41) is 24.4. The lowest BCUT2D eigenvalue weighted by atomic mass is 9.49. The molecule has 9 atom stereocenters. The Morgan fingerprint density at radius 3 is 2.18 bits per heavy atom. The fourth-order valence-corrected chi connectivity index (χ4v) is 8.24. The number of ether oxygens (including phenoxy) is 3. The Kier molecular flexibility index (Phi) is 9.83. The van der Waals surface area contributed by atoms with E-state index in [-0.39, 0.29) is 18.4 Å². The highest BCUT2D eigenvalue weighted by molar-refractivity contribution is 5.71. The molecule has 3 aliphatic carbocycles. The van der Waals surface area contributed by atoms with Crippen molar-refractivity contribution in [3.63, 3.8) is 0 Å². The summed E-state index contributed by atoms with van der Waals surface area (Å²) in [7, 11) is 3.84. The van der Waals surface area contributed by atoms with Crippen LogP contribution in [0.15, 0.2) is 53.6 Å². The maximum atomic E-state index is 13.4. The molecule has 0 unspecified atom stereocenters. The van der Waals surface area contributed by atoms with Crippen molar-refractivity contribution in [3.8, 4) is 0 Å². The molecule has 2 N–H and O–H groups in total. The van der Waals surface area contributed by atoms with Crippen molar-refractivity contribution < 1.29 is 38.8 Å². The van der Waals surface area contributed by atoms with E-state index in [4.69, 9.17) is 14.2 Å². The second-order valence-corrected chi connectivity index (χ2v) is 13.9. The summed E-state index contributed by atoms with van der Waals surface area (Å²) in [5.74, 6) is -2.53. The fourth-order valence-electron chi connectivity index (χ4n) is 8.24. The van der Waals surface area contributed by atoms with Gasteiger partial charge in [-0.15, -0.1) is 0 Å². The molecule has 44 heavy (non-hydrogen) atoms. The Labute approximate surface area is 261 Å². The molecular formula is C35H49NO8. The second-order valence-electron chi connectivity index (χ2n) is 13.9. The molecule has 2 saturated carbocycles. The van der Waals surface area contributed by atoms with Crippen LogP contribution in [0.3, 0.4) is 0 Å². The number of aliphatic hydroxyl groups is 2. The summed E-state index contributed by atoms with van der Waals surface area (Å²) < 4.78 is 17.6. The summed E-state index contributed by atoms with van der Waals surface area (Å²) in [6, 6.07) is 9.58. The molecule has 0 saturated heterocycles. The highest BCUT2D eigenvalue weighted by Gasteiger charge is 2.62. The van der Waals surface area contributed by atoms with Gasteiger partial charge in [0.2, 0.25) is 0 Å². The van der Waals surface area contributed by atoms with Crippen LogP contribution >= 0.6 is 0 Å². The molecule has 0 aromatic heterocycles. The molecule has 4 rings (SSSR count). The smallest absolute Gasteiger partial charge is 0.308 e. The molecule has 0 heterocycles. The number of nitrogens with zero attached hydrogens (tertiary/aromatic N) is 1. The van der Waals surface area contributed by atoms with Crippen LogP contribution < -0.4 is 0 Å². The number of benzene rings is 1. The lowest BCUT2D eigenvalue weighted by Crippen LogP contribution is -2.63. The first-order valence-corrected chi connectivity index (χ1v) is 15.5. The molecular weight excluding hydrogens is 562 g/mol. The van der Waals surface area contributed by atoms with E-state index in [0.717, 1.165) is 11.1 Å². The van der Waals surface area contributed by atoms with Crippen LogP contribution in [0.4, 0.5) is 0 Å². The third kappa shape index (κ3) is 6.24. The van der Waals surface area contributed by atoms with E-state index in [0.29, 0.717) is 30.4 Å². The number of hydrogen-bond acceptors (Lipinski definition) is 9. The average Bonchev–Trinajstić information content (AvgIpc) is 2.93. The van der Waals surface area contributed by atoms with Crippen molar-refractivity contribution in [1.82, 2.24) is 4.90 Å². The molecule has 9 heteroatoms. The normalized spacial score (nSPS) is 33.9. The summed E-state index contributed by atoms with van der Waals surface area (Å²) in [4.78, 5) is 39.9. The van der Waals surface area contributed by atoms with Gasteiger partial charge in [-0.3, -0.25) is 14.4 Å². The average molecular weight is 612 g/mol. The van der Waals surface area contributed by atoms with Crippen LogP contribution in [0.1, 0.15) is 78.8 Å². The maximum Gasteiger partial charge on any atom is 0.308 e. The van der Waals surface area contributed by atoms with Gasteiger partial charge < -0.3 is 29.3 Å². The van der Waals surface area contributed by atoms with E-state index in [1.165, 1.54) is 13.8 Å². The van der Waals surface area contributed by atoms with Crippen LogP contribution in [0.5, 0.6) is 0 Å². The highest BCUT2D eigenvalue weighted by atomic mass is 16.6. The fraction of sp³-hybridized carbons (Fsp3) is 0.629. The summed E-state index contributed by atoms with van der Waals surface area (Å²) >= 11 is 0. The third-order valence-corrected chi connectivity index (χ3v) is 10.5. The zero-order chi connectivity index (χ0) is 32.7. The number of carbonyl (C=O) groups is 3. The molecule has 0 amide bonds. The zero-order valence-electron chi connectivity index (χ0n) is 27.3. The Hall–Kier alpha value is -3.01. The van der Waals surface area contributed by atoms with Crippen molar-refractivity contribution in [1.29, 1.82) is 0 Å². The van der Waals surface area contributed by atoms with Crippen molar-refractivity contribution in [2.75, 3.05) is 14.1 Å². The Morgan fingerprint density at radius 1 is 1.00 bits per heavy atom. The number of rotatable bonds is 7. The molecule has 0 aliphatic heterocycles. The first kappa shape index (κ1) is 33.9. The number of carbonyl (C=O) groups excluding carboxylic acids is 3. The minimum absolute atomic E-state index is 0.135. The monoisotopic (exact) mass is 611 g/mol. The molecule has 1 aromatic carbocycles. The Morgan fingerprint density at radius 2 is 1.61 bits per heavy atom. The summed E-state index contributed by atoms with van der Waals surface area (Å²) in [6.45, 7) is 14.6. The molecule has 2 fully saturated rings. The maximum absolute atomic E-state index is 13.4. The van der Waals surface area contributed by atoms with Gasteiger partial charge in [-0.25, -0.2) is 0 Å². The van der Waals surface area contributed by atoms with Crippen LogP contribution in [0, 0.1) is 22.7 Å². The van der Waals surface area contributed by atoms with Gasteiger partial charge in [0, 0.05) is 31.2 Å². The van der Waals surface area contributed by atoms with Gasteiger partial charge in [-0.2, -0.15) is 0 Å². The topological polar surface area (TPSA) is 123 Å². The first-order valence-electron chi connectivity index (χ1n) is 15.5. The highest BCUT2D eigenvalue weighted by Crippen LogP contribution is 2.59. The van der Waals surface area contributed by atoms with Crippen molar-refractivity contribution >= 4 is 17.9 Å². The quantitative estimate of drug-likeness (QED) is 0.260. The van der Waals surface area contributed by atoms with Crippen LogP contribution in [0.2, 0.25) is 0 Å². The SMILES string of the molecule is C=C1[C@@H](OC(=O)C[C@H](c2ccccc2)N(C)C)CC[C@]2(C)[C@@H](O)[C@H](OC(C)=O)C3=C(C)[C@@H](OC(C)=O)C[C@H]([C@@H](O)[C@H]12)C3(C)C. The molecule has 3 aliphatic rings. The van der Waals surface area contributed by atoms with E-state index >= 15 is 0 Å². The van der Waals surface area contributed by atoms with Crippen molar-refractivity contribution in [3.05, 3.63) is 59.2 Å². The number of fused-ring (bicyclic) bond motifs is 3. The van der Waals surface area contributed by atoms with Crippen LogP contribution in [0.25, 0.3) is 0 Å². The van der Waals surface area contributed by atoms with Crippen LogP contribution in [-0.2, 0) is 28.6 Å². The van der Waals surface area contributed by atoms with E-state index < -0.39 is 65.1 Å². The van der Waals surface area contributed by atoms with Crippen molar-refractivity contribution in [2.45, 2.75) is 104 Å². The van der Waals surface area contributed by atoms with Gasteiger partial charge in [0.15, 0.2) is 6.10 Å². The number of hydrogen-bond donors (Lipinski definition) is 2. The van der Waals surface area contributed by atoms with Gasteiger partial charge in [0.05, 0.1) is 12.5 Å². The minimum atomic E-state index is -1.21.